The zero-order valence-electron chi connectivity index (χ0n) is 8.31. The fourth-order valence-electron chi connectivity index (χ4n) is 1.57. The minimum atomic E-state index is -0.847. The monoisotopic (exact) mass is 184 g/mol. The van der Waals surface area contributed by atoms with Gasteiger partial charge in [0.05, 0.1) is 5.76 Å². The maximum atomic E-state index is 5.83. The van der Waals surface area contributed by atoms with Crippen LogP contribution in [-0.4, -0.2) is 9.04 Å². The van der Waals surface area contributed by atoms with Gasteiger partial charge < -0.3 is 4.43 Å². The van der Waals surface area contributed by atoms with Crippen molar-refractivity contribution in [3.8, 4) is 0 Å². The van der Waals surface area contributed by atoms with E-state index in [0.717, 1.165) is 0 Å². The van der Waals surface area contributed by atoms with Crippen LogP contribution in [0.1, 0.15) is 38.5 Å². The molecular formula is C10H20OSi. The normalized spacial score (nSPS) is 24.1. The molecule has 0 heterocycles. The predicted octanol–water partition coefficient (Wildman–Crippen LogP) is 3.22. The third kappa shape index (κ3) is 3.95. The SMILES string of the molecule is C[SiH](C)O/C1=C/CCCCCC1. The third-order valence-corrected chi connectivity index (χ3v) is 2.91. The molecule has 0 aromatic rings. The third-order valence-electron chi connectivity index (χ3n) is 2.14. The lowest BCUT2D eigenvalue weighted by molar-refractivity contribution is 0.398. The van der Waals surface area contributed by atoms with Crippen LogP contribution in [0.15, 0.2) is 11.8 Å². The number of hydrogen-bond acceptors (Lipinski definition) is 1. The molecule has 0 fully saturated rings. The van der Waals surface area contributed by atoms with Gasteiger partial charge in [0.1, 0.15) is 0 Å². The average Bonchev–Trinajstić information content (AvgIpc) is 1.93. The summed E-state index contributed by atoms with van der Waals surface area (Å²) in [6, 6.07) is 0. The van der Waals surface area contributed by atoms with Crippen LogP contribution >= 0.6 is 0 Å². The summed E-state index contributed by atoms with van der Waals surface area (Å²) in [4.78, 5) is 0. The lowest BCUT2D eigenvalue weighted by Gasteiger charge is -2.15. The van der Waals surface area contributed by atoms with Crippen molar-refractivity contribution in [2.24, 2.45) is 0 Å². The molecule has 0 atom stereocenters. The van der Waals surface area contributed by atoms with Crippen molar-refractivity contribution in [1.82, 2.24) is 0 Å². The van der Waals surface area contributed by atoms with Gasteiger partial charge in [-0.2, -0.15) is 0 Å². The largest absolute Gasteiger partial charge is 0.550 e. The van der Waals surface area contributed by atoms with Crippen LogP contribution in [0.4, 0.5) is 0 Å². The van der Waals surface area contributed by atoms with Crippen molar-refractivity contribution in [2.75, 3.05) is 0 Å². The van der Waals surface area contributed by atoms with E-state index in [1.807, 2.05) is 0 Å². The zero-order valence-corrected chi connectivity index (χ0v) is 9.46. The molecule has 0 aliphatic heterocycles. The minimum absolute atomic E-state index is 0.847. The molecule has 12 heavy (non-hydrogen) atoms. The summed E-state index contributed by atoms with van der Waals surface area (Å²) in [6.45, 7) is 4.47. The van der Waals surface area contributed by atoms with Crippen molar-refractivity contribution in [2.45, 2.75) is 51.6 Å². The fraction of sp³-hybridized carbons (Fsp3) is 0.800. The van der Waals surface area contributed by atoms with E-state index in [0.29, 0.717) is 0 Å². The van der Waals surface area contributed by atoms with Crippen LogP contribution in [0.25, 0.3) is 0 Å². The van der Waals surface area contributed by atoms with Gasteiger partial charge in [-0.15, -0.1) is 0 Å². The summed E-state index contributed by atoms with van der Waals surface area (Å²) in [7, 11) is -0.847. The Balaban J connectivity index is 2.36. The first-order chi connectivity index (χ1) is 5.79. The highest BCUT2D eigenvalue weighted by Gasteiger charge is 2.04. The summed E-state index contributed by atoms with van der Waals surface area (Å²) in [5, 5.41) is 0. The lowest BCUT2D eigenvalue weighted by Crippen LogP contribution is -2.08. The van der Waals surface area contributed by atoms with Crippen molar-refractivity contribution in [1.29, 1.82) is 0 Å². The molecule has 1 nitrogen and oxygen atoms in total. The average molecular weight is 184 g/mol. The van der Waals surface area contributed by atoms with E-state index in [1.165, 1.54) is 44.3 Å². The van der Waals surface area contributed by atoms with Crippen LogP contribution in [0.5, 0.6) is 0 Å². The topological polar surface area (TPSA) is 9.23 Å². The summed E-state index contributed by atoms with van der Waals surface area (Å²) in [5.41, 5.74) is 0. The Morgan fingerprint density at radius 3 is 2.67 bits per heavy atom. The van der Waals surface area contributed by atoms with E-state index in [1.54, 1.807) is 0 Å². The van der Waals surface area contributed by atoms with E-state index in [9.17, 15) is 0 Å². The van der Waals surface area contributed by atoms with Gasteiger partial charge in [-0.3, -0.25) is 0 Å². The molecule has 0 spiro atoms. The Labute approximate surface area is 77.5 Å². The second-order valence-corrected chi connectivity index (χ2v) is 6.12. The van der Waals surface area contributed by atoms with Gasteiger partial charge in [-0.05, 0) is 38.4 Å². The van der Waals surface area contributed by atoms with Crippen molar-refractivity contribution < 1.29 is 4.43 Å². The minimum Gasteiger partial charge on any atom is -0.550 e. The van der Waals surface area contributed by atoms with Gasteiger partial charge in [0, 0.05) is 6.42 Å². The highest BCUT2D eigenvalue weighted by molar-refractivity contribution is 6.48. The molecule has 2 heteroatoms. The molecule has 0 aromatic carbocycles. The second kappa shape index (κ2) is 5.41. The fourth-order valence-corrected chi connectivity index (χ4v) is 2.39. The van der Waals surface area contributed by atoms with Crippen LogP contribution in [0.2, 0.25) is 13.1 Å². The van der Waals surface area contributed by atoms with E-state index >= 15 is 0 Å². The van der Waals surface area contributed by atoms with E-state index in [-0.39, 0.29) is 0 Å². The first kappa shape index (κ1) is 9.84. The Morgan fingerprint density at radius 2 is 1.92 bits per heavy atom. The van der Waals surface area contributed by atoms with Gasteiger partial charge in [-0.25, -0.2) is 0 Å². The van der Waals surface area contributed by atoms with E-state index in [4.69, 9.17) is 4.43 Å². The highest BCUT2D eigenvalue weighted by atomic mass is 28.3. The summed E-state index contributed by atoms with van der Waals surface area (Å²) in [6.07, 6.45) is 10.2. The Kier molecular flexibility index (Phi) is 4.44. The van der Waals surface area contributed by atoms with Crippen LogP contribution in [0.3, 0.4) is 0 Å². The standard InChI is InChI=1S/C10H20OSi/c1-12(2)11-10-8-6-4-3-5-7-9-10/h8,12H,3-7,9H2,1-2H3/b10-8+. The molecule has 0 saturated carbocycles. The second-order valence-electron chi connectivity index (χ2n) is 3.79. The van der Waals surface area contributed by atoms with Crippen molar-refractivity contribution >= 4 is 9.04 Å². The Morgan fingerprint density at radius 1 is 1.17 bits per heavy atom. The van der Waals surface area contributed by atoms with Crippen LogP contribution in [-0.2, 0) is 4.43 Å². The molecule has 0 amide bonds. The molecule has 0 radical (unpaired) electrons. The maximum Gasteiger partial charge on any atom is 0.229 e. The molecule has 1 rings (SSSR count). The van der Waals surface area contributed by atoms with Crippen LogP contribution in [0, 0.1) is 0 Å². The Hall–Kier alpha value is -0.243. The van der Waals surface area contributed by atoms with Crippen molar-refractivity contribution in [3.05, 3.63) is 11.8 Å². The van der Waals surface area contributed by atoms with Gasteiger partial charge in [-0.1, -0.05) is 12.8 Å². The molecular weight excluding hydrogens is 164 g/mol. The van der Waals surface area contributed by atoms with E-state index in [2.05, 4.69) is 19.2 Å². The molecule has 0 saturated heterocycles. The van der Waals surface area contributed by atoms with Gasteiger partial charge >= 0.3 is 0 Å². The molecule has 1 aliphatic carbocycles. The number of allylic oxidation sites excluding steroid dienone is 2. The number of rotatable bonds is 2. The highest BCUT2D eigenvalue weighted by Crippen LogP contribution is 2.18. The summed E-state index contributed by atoms with van der Waals surface area (Å²) < 4.78 is 5.83. The first-order valence-electron chi connectivity index (χ1n) is 5.15. The lowest BCUT2D eigenvalue weighted by atomic mass is 10.1. The zero-order chi connectivity index (χ0) is 8.81. The number of hydrogen-bond donors (Lipinski definition) is 0. The predicted molar refractivity (Wildman–Crippen MR) is 55.7 cm³/mol. The Bertz CT molecular complexity index is 152. The first-order valence-corrected chi connectivity index (χ1v) is 7.93. The molecule has 1 aliphatic rings. The van der Waals surface area contributed by atoms with Crippen molar-refractivity contribution in [3.63, 3.8) is 0 Å². The van der Waals surface area contributed by atoms with Gasteiger partial charge in [0.2, 0.25) is 9.04 Å². The summed E-state index contributed by atoms with van der Waals surface area (Å²) >= 11 is 0. The molecule has 70 valence electrons. The molecule has 0 aromatic heterocycles. The maximum absolute atomic E-state index is 5.83. The smallest absolute Gasteiger partial charge is 0.229 e. The van der Waals surface area contributed by atoms with Gasteiger partial charge in [0.15, 0.2) is 0 Å². The van der Waals surface area contributed by atoms with Crippen LogP contribution < -0.4 is 0 Å². The summed E-state index contributed by atoms with van der Waals surface area (Å²) in [5.74, 6) is 1.29. The van der Waals surface area contributed by atoms with E-state index < -0.39 is 9.04 Å². The molecule has 0 bridgehead atoms. The molecule has 0 N–H and O–H groups in total. The quantitative estimate of drug-likeness (QED) is 0.599. The molecule has 0 unspecified atom stereocenters. The van der Waals surface area contributed by atoms with Gasteiger partial charge in [0.25, 0.3) is 0 Å².